The maximum absolute atomic E-state index is 5.99. The Kier molecular flexibility index (Phi) is 22.8. The van der Waals surface area contributed by atoms with Gasteiger partial charge in [-0.1, -0.05) is 0 Å². The van der Waals surface area contributed by atoms with Gasteiger partial charge in [0.15, 0.2) is 0 Å². The van der Waals surface area contributed by atoms with Crippen molar-refractivity contribution in [3.63, 3.8) is 0 Å². The second kappa shape index (κ2) is 22.3. The van der Waals surface area contributed by atoms with Crippen LogP contribution in [-0.4, -0.2) is 35.0 Å². The predicted octanol–water partition coefficient (Wildman–Crippen LogP) is 8.46. The molecule has 0 aliphatic rings. The van der Waals surface area contributed by atoms with Crippen LogP contribution in [0.2, 0.25) is 0 Å². The summed E-state index contributed by atoms with van der Waals surface area (Å²) in [5.41, 5.74) is 0. The van der Waals surface area contributed by atoms with Gasteiger partial charge in [0.1, 0.15) is 0 Å². The molecule has 0 saturated carbocycles. The average Bonchev–Trinajstić information content (AvgIpc) is 2.70. The molecule has 0 N–H and O–H groups in total. The molecule has 0 heterocycles. The van der Waals surface area contributed by atoms with Crippen LogP contribution in [0.1, 0.15) is 136 Å². The fourth-order valence-corrected chi connectivity index (χ4v) is 14.9. The third-order valence-corrected chi connectivity index (χ3v) is 17.7. The van der Waals surface area contributed by atoms with E-state index in [4.69, 9.17) is 4.43 Å². The van der Waals surface area contributed by atoms with Crippen LogP contribution in [0.3, 0.4) is 0 Å². The van der Waals surface area contributed by atoms with Crippen LogP contribution in [-0.2, 0) is 4.43 Å². The van der Waals surface area contributed by atoms with E-state index in [0.717, 1.165) is 0 Å². The first-order chi connectivity index (χ1) is 13.7. The first-order valence-electron chi connectivity index (χ1n) is 13.2. The van der Waals surface area contributed by atoms with Gasteiger partial charge in [0, 0.05) is 0 Å². The zero-order valence-electron chi connectivity index (χ0n) is 20.5. The Morgan fingerprint density at radius 3 is 1.04 bits per heavy atom. The topological polar surface area (TPSA) is 9.23 Å². The molecule has 0 bridgehead atoms. The van der Waals surface area contributed by atoms with Gasteiger partial charge in [-0.25, -0.2) is 0 Å². The average molecular weight is 433 g/mol. The second-order valence-electron chi connectivity index (χ2n) is 9.49. The molecule has 0 aliphatic heterocycles. The van der Waals surface area contributed by atoms with E-state index in [2.05, 4.69) is 20.8 Å². The Labute approximate surface area is 182 Å². The molecule has 0 rings (SSSR count). The van der Waals surface area contributed by atoms with E-state index in [1.54, 1.807) is 18.5 Å². The van der Waals surface area contributed by atoms with Crippen molar-refractivity contribution in [1.82, 2.24) is 0 Å². The zero-order valence-corrected chi connectivity index (χ0v) is 22.9. The van der Waals surface area contributed by atoms with Crippen molar-refractivity contribution in [3.8, 4) is 0 Å². The Balaban J connectivity index is 4.39. The number of rotatable bonds is 23. The minimum atomic E-state index is -1.08. The zero-order chi connectivity index (χ0) is 20.8. The third kappa shape index (κ3) is 17.5. The van der Waals surface area contributed by atoms with E-state index in [-0.39, 0.29) is 9.43 Å². The van der Waals surface area contributed by atoms with Crippen LogP contribution in [0.25, 0.3) is 0 Å². The summed E-state index contributed by atoms with van der Waals surface area (Å²) in [5.74, 6) is 0. The molecule has 3 heteroatoms. The Hall–Kier alpha value is 0.607. The molecule has 0 fully saturated rings. The summed E-state index contributed by atoms with van der Waals surface area (Å²) < 4.78 is 5.99. The number of hydrogen-bond donors (Lipinski definition) is 0. The van der Waals surface area contributed by atoms with Crippen molar-refractivity contribution >= 4 is 16.2 Å². The first kappa shape index (κ1) is 28.6. The van der Waals surface area contributed by atoms with E-state index >= 15 is 0 Å². The van der Waals surface area contributed by atoms with Gasteiger partial charge in [-0.05, 0) is 0 Å². The molecule has 28 heavy (non-hydrogen) atoms. The molecule has 0 aliphatic carbocycles. The molecule has 0 spiro atoms. The quantitative estimate of drug-likeness (QED) is 0.0893. The van der Waals surface area contributed by atoms with Gasteiger partial charge < -0.3 is 0 Å². The standard InChI is InChI=1S/C25H57OPSi/c1-5-8-11-14-17-20-23-27(28-26-4,24-21-18-15-12-9-6-2)25-22-19-16-13-10-7-3/h27H,5-25,28H2,1-4H3. The molecule has 0 aromatic heterocycles. The molecule has 1 nitrogen and oxygen atoms in total. The van der Waals surface area contributed by atoms with Gasteiger partial charge in [-0.15, -0.1) is 0 Å². The minimum absolute atomic E-state index is 0.264. The maximum atomic E-state index is 5.99. The van der Waals surface area contributed by atoms with Crippen molar-refractivity contribution < 1.29 is 4.43 Å². The van der Waals surface area contributed by atoms with Crippen LogP contribution < -0.4 is 0 Å². The summed E-state index contributed by atoms with van der Waals surface area (Å²) in [5, 5.41) is 0. The Morgan fingerprint density at radius 2 is 0.750 bits per heavy atom. The fourth-order valence-electron chi connectivity index (χ4n) is 4.74. The molecule has 0 radical (unpaired) electrons. The molecule has 0 aromatic carbocycles. The molecule has 0 atom stereocenters. The van der Waals surface area contributed by atoms with Gasteiger partial charge in [0.25, 0.3) is 0 Å². The van der Waals surface area contributed by atoms with Gasteiger partial charge in [-0.3, -0.25) is 0 Å². The molecule has 0 saturated heterocycles. The molecule has 0 unspecified atom stereocenters. The summed E-state index contributed by atoms with van der Waals surface area (Å²) >= 11 is 0. The van der Waals surface area contributed by atoms with Gasteiger partial charge in [-0.2, -0.15) is 0 Å². The van der Waals surface area contributed by atoms with E-state index in [9.17, 15) is 0 Å². The van der Waals surface area contributed by atoms with Gasteiger partial charge >= 0.3 is 183 Å². The SMILES string of the molecule is CCCCCCCC[PH](CCCCCCCC)(CCCCCCCC)[SiH2]OC. The van der Waals surface area contributed by atoms with Gasteiger partial charge in [0.05, 0.1) is 0 Å². The van der Waals surface area contributed by atoms with Crippen LogP contribution in [0.4, 0.5) is 0 Å². The molecular formula is C25H57OPSi. The van der Waals surface area contributed by atoms with Crippen LogP contribution in [0.5, 0.6) is 0 Å². The summed E-state index contributed by atoms with van der Waals surface area (Å²) in [6.45, 7) is 5.88. The van der Waals surface area contributed by atoms with Crippen molar-refractivity contribution in [3.05, 3.63) is 0 Å². The van der Waals surface area contributed by atoms with Crippen molar-refractivity contribution in [2.75, 3.05) is 25.6 Å². The van der Waals surface area contributed by atoms with Crippen LogP contribution >= 0.6 is 6.81 Å². The molecule has 0 amide bonds. The number of unbranched alkanes of at least 4 members (excludes halogenated alkanes) is 15. The Bertz CT molecular complexity index is 257. The summed E-state index contributed by atoms with van der Waals surface area (Å²) in [7, 11) is 1.76. The van der Waals surface area contributed by atoms with Crippen LogP contribution in [0, 0.1) is 0 Å². The monoisotopic (exact) mass is 432 g/mol. The van der Waals surface area contributed by atoms with E-state index < -0.39 is 6.81 Å². The molecular weight excluding hydrogens is 375 g/mol. The molecule has 0 aromatic rings. The van der Waals surface area contributed by atoms with Gasteiger partial charge in [0.2, 0.25) is 0 Å². The summed E-state index contributed by atoms with van der Waals surface area (Å²) in [6, 6.07) is 0. The fraction of sp³-hybridized carbons (Fsp3) is 1.00. The van der Waals surface area contributed by atoms with Crippen LogP contribution in [0.15, 0.2) is 0 Å². The van der Waals surface area contributed by atoms with Crippen molar-refractivity contribution in [2.45, 2.75) is 136 Å². The number of hydrogen-bond acceptors (Lipinski definition) is 1. The normalized spacial score (nSPS) is 13.0. The van der Waals surface area contributed by atoms with E-state index in [1.807, 2.05) is 7.11 Å². The summed E-state index contributed by atoms with van der Waals surface area (Å²) in [6.07, 6.45) is 31.0. The van der Waals surface area contributed by atoms with E-state index in [0.29, 0.717) is 0 Å². The third-order valence-electron chi connectivity index (χ3n) is 6.63. The predicted molar refractivity (Wildman–Crippen MR) is 139 cm³/mol. The van der Waals surface area contributed by atoms with E-state index in [1.165, 1.54) is 116 Å². The van der Waals surface area contributed by atoms with Crippen molar-refractivity contribution in [1.29, 1.82) is 0 Å². The first-order valence-corrected chi connectivity index (χ1v) is 18.8. The molecule has 172 valence electrons. The second-order valence-corrected chi connectivity index (χ2v) is 20.2. The summed E-state index contributed by atoms with van der Waals surface area (Å²) in [4.78, 5) is 0. The Morgan fingerprint density at radius 1 is 0.464 bits per heavy atom. The van der Waals surface area contributed by atoms with Crippen molar-refractivity contribution in [2.24, 2.45) is 0 Å².